The summed E-state index contributed by atoms with van der Waals surface area (Å²) in [6.07, 6.45) is 5.28. The average molecular weight is 227 g/mol. The summed E-state index contributed by atoms with van der Waals surface area (Å²) in [6, 6.07) is 8.50. The van der Waals surface area contributed by atoms with Gasteiger partial charge in [-0.1, -0.05) is 43.4 Å². The molecule has 0 spiro atoms. The molecule has 17 heavy (non-hydrogen) atoms. The quantitative estimate of drug-likeness (QED) is 0.418. The summed E-state index contributed by atoms with van der Waals surface area (Å²) in [6.45, 7) is 6.34. The predicted octanol–water partition coefficient (Wildman–Crippen LogP) is 4.06. The summed E-state index contributed by atoms with van der Waals surface area (Å²) in [7, 11) is 0. The monoisotopic (exact) mass is 227 g/mol. The van der Waals surface area contributed by atoms with Gasteiger partial charge in [0.15, 0.2) is 0 Å². The van der Waals surface area contributed by atoms with E-state index in [0.29, 0.717) is 6.04 Å². The third-order valence-corrected chi connectivity index (χ3v) is 2.35. The molecule has 1 aromatic rings. The normalized spacial score (nSPS) is 10.6. The van der Waals surface area contributed by atoms with Gasteiger partial charge in [-0.2, -0.15) is 0 Å². The van der Waals surface area contributed by atoms with Gasteiger partial charge in [-0.25, -0.2) is 0 Å². The second-order valence-corrected chi connectivity index (χ2v) is 4.36. The molecule has 0 heterocycles. The van der Waals surface area contributed by atoms with E-state index in [1.807, 2.05) is 18.3 Å². The lowest BCUT2D eigenvalue weighted by molar-refractivity contribution is 0.828. The second kappa shape index (κ2) is 7.68. The summed E-state index contributed by atoms with van der Waals surface area (Å²) in [5.41, 5.74) is 2.19. The van der Waals surface area contributed by atoms with Crippen molar-refractivity contribution in [1.29, 1.82) is 0 Å². The maximum atomic E-state index is 4.41. The fourth-order valence-corrected chi connectivity index (χ4v) is 1.38. The van der Waals surface area contributed by atoms with Crippen LogP contribution in [0, 0.1) is 11.8 Å². The van der Waals surface area contributed by atoms with Crippen LogP contribution in [-0.4, -0.2) is 12.3 Å². The van der Waals surface area contributed by atoms with Gasteiger partial charge in [-0.15, -0.1) is 0 Å². The maximum absolute atomic E-state index is 4.41. The van der Waals surface area contributed by atoms with Crippen molar-refractivity contribution in [3.8, 4) is 11.8 Å². The Balaban J connectivity index is 2.79. The molecule has 0 saturated heterocycles. The molecule has 0 aromatic heterocycles. The highest BCUT2D eigenvalue weighted by Crippen LogP contribution is 2.05. The molecule has 0 radical (unpaired) electrons. The van der Waals surface area contributed by atoms with Gasteiger partial charge in [0.25, 0.3) is 0 Å². The molecular formula is C16H21N. The molecular weight excluding hydrogens is 206 g/mol. The minimum absolute atomic E-state index is 0.330. The van der Waals surface area contributed by atoms with Gasteiger partial charge in [0.1, 0.15) is 0 Å². The zero-order valence-corrected chi connectivity index (χ0v) is 11.0. The molecule has 0 fully saturated rings. The minimum atomic E-state index is 0.330. The first-order valence-electron chi connectivity index (χ1n) is 6.35. The number of nitrogens with zero attached hydrogens (tertiary/aromatic N) is 1. The summed E-state index contributed by atoms with van der Waals surface area (Å²) in [5, 5.41) is 0. The largest absolute Gasteiger partial charge is 0.290 e. The number of aliphatic imine (C=N–C) groups is 1. The number of benzene rings is 1. The zero-order chi connectivity index (χ0) is 12.5. The molecule has 0 aliphatic heterocycles. The van der Waals surface area contributed by atoms with Crippen molar-refractivity contribution in [2.24, 2.45) is 4.99 Å². The van der Waals surface area contributed by atoms with Crippen LogP contribution in [0.3, 0.4) is 0 Å². The van der Waals surface area contributed by atoms with E-state index in [-0.39, 0.29) is 0 Å². The minimum Gasteiger partial charge on any atom is -0.290 e. The highest BCUT2D eigenvalue weighted by molar-refractivity contribution is 5.83. The topological polar surface area (TPSA) is 12.4 Å². The van der Waals surface area contributed by atoms with Crippen molar-refractivity contribution < 1.29 is 0 Å². The van der Waals surface area contributed by atoms with Crippen LogP contribution in [0.25, 0.3) is 0 Å². The third kappa shape index (κ3) is 5.36. The van der Waals surface area contributed by atoms with Crippen molar-refractivity contribution in [2.75, 3.05) is 0 Å². The fourth-order valence-electron chi connectivity index (χ4n) is 1.38. The van der Waals surface area contributed by atoms with Crippen LogP contribution in [0.5, 0.6) is 0 Å². The fraction of sp³-hybridized carbons (Fsp3) is 0.438. The smallest absolute Gasteiger partial charge is 0.0443 e. The third-order valence-electron chi connectivity index (χ3n) is 2.35. The number of rotatable bonds is 4. The first kappa shape index (κ1) is 13.5. The van der Waals surface area contributed by atoms with Gasteiger partial charge in [0.2, 0.25) is 0 Å². The van der Waals surface area contributed by atoms with E-state index in [1.165, 1.54) is 12.8 Å². The van der Waals surface area contributed by atoms with Crippen LogP contribution >= 0.6 is 0 Å². The molecule has 1 rings (SSSR count). The van der Waals surface area contributed by atoms with Crippen LogP contribution in [0.15, 0.2) is 29.3 Å². The Bertz CT molecular complexity index is 419. The highest BCUT2D eigenvalue weighted by atomic mass is 14.7. The summed E-state index contributed by atoms with van der Waals surface area (Å²) in [4.78, 5) is 4.41. The molecule has 0 atom stereocenters. The van der Waals surface area contributed by atoms with E-state index < -0.39 is 0 Å². The first-order chi connectivity index (χ1) is 8.24. The Morgan fingerprint density at radius 3 is 2.76 bits per heavy atom. The Morgan fingerprint density at radius 2 is 2.06 bits per heavy atom. The van der Waals surface area contributed by atoms with Crippen molar-refractivity contribution in [3.63, 3.8) is 0 Å². The van der Waals surface area contributed by atoms with Crippen LogP contribution in [0.4, 0.5) is 0 Å². The predicted molar refractivity (Wildman–Crippen MR) is 75.6 cm³/mol. The molecule has 0 aliphatic carbocycles. The molecule has 90 valence electrons. The van der Waals surface area contributed by atoms with E-state index in [0.717, 1.165) is 17.5 Å². The van der Waals surface area contributed by atoms with E-state index in [9.17, 15) is 0 Å². The molecule has 1 aromatic carbocycles. The van der Waals surface area contributed by atoms with Gasteiger partial charge < -0.3 is 0 Å². The Hall–Kier alpha value is -1.55. The van der Waals surface area contributed by atoms with E-state index in [2.05, 4.69) is 49.7 Å². The van der Waals surface area contributed by atoms with E-state index >= 15 is 0 Å². The van der Waals surface area contributed by atoms with Gasteiger partial charge in [0, 0.05) is 29.8 Å². The number of hydrogen-bond acceptors (Lipinski definition) is 1. The Labute approximate surface area is 105 Å². The molecule has 0 N–H and O–H groups in total. The van der Waals surface area contributed by atoms with E-state index in [1.54, 1.807) is 0 Å². The van der Waals surface area contributed by atoms with Crippen LogP contribution in [0.2, 0.25) is 0 Å². The van der Waals surface area contributed by atoms with Gasteiger partial charge >= 0.3 is 0 Å². The molecule has 0 unspecified atom stereocenters. The van der Waals surface area contributed by atoms with Crippen LogP contribution < -0.4 is 0 Å². The lowest BCUT2D eigenvalue weighted by Gasteiger charge is -1.99. The number of unbranched alkanes of at least 4 members (excludes halogenated alkanes) is 2. The zero-order valence-electron chi connectivity index (χ0n) is 11.0. The molecule has 0 bridgehead atoms. The Kier molecular flexibility index (Phi) is 6.10. The second-order valence-electron chi connectivity index (χ2n) is 4.36. The molecule has 1 nitrogen and oxygen atoms in total. The van der Waals surface area contributed by atoms with Gasteiger partial charge in [-0.3, -0.25) is 4.99 Å². The molecule has 0 aliphatic rings. The summed E-state index contributed by atoms with van der Waals surface area (Å²) < 4.78 is 0. The lowest BCUT2D eigenvalue weighted by atomic mass is 10.1. The summed E-state index contributed by atoms with van der Waals surface area (Å²) in [5.74, 6) is 6.45. The molecule has 0 saturated carbocycles. The van der Waals surface area contributed by atoms with Gasteiger partial charge in [-0.05, 0) is 26.3 Å². The highest BCUT2D eigenvalue weighted by Gasteiger charge is 1.95. The Morgan fingerprint density at radius 1 is 1.29 bits per heavy atom. The molecule has 1 heteroatoms. The van der Waals surface area contributed by atoms with Crippen LogP contribution in [0.1, 0.15) is 51.2 Å². The number of hydrogen-bond donors (Lipinski definition) is 0. The SMILES string of the molecule is CCCCC#Cc1ccccc1C=NC(C)C. The average Bonchev–Trinajstić information content (AvgIpc) is 2.33. The summed E-state index contributed by atoms with van der Waals surface area (Å²) >= 11 is 0. The molecule has 0 amide bonds. The van der Waals surface area contributed by atoms with Crippen molar-refractivity contribution >= 4 is 6.21 Å². The van der Waals surface area contributed by atoms with Crippen molar-refractivity contribution in [2.45, 2.75) is 46.1 Å². The van der Waals surface area contributed by atoms with Crippen molar-refractivity contribution in [3.05, 3.63) is 35.4 Å². The first-order valence-corrected chi connectivity index (χ1v) is 6.35. The maximum Gasteiger partial charge on any atom is 0.0443 e. The van der Waals surface area contributed by atoms with Crippen LogP contribution in [-0.2, 0) is 0 Å². The lowest BCUT2D eigenvalue weighted by Crippen LogP contribution is -1.93. The van der Waals surface area contributed by atoms with Crippen molar-refractivity contribution in [1.82, 2.24) is 0 Å². The standard InChI is InChI=1S/C16H21N/c1-4-5-6-7-10-15-11-8-9-12-16(15)13-17-14(2)3/h8-9,11-14H,4-6H2,1-3H3. The van der Waals surface area contributed by atoms with Gasteiger partial charge in [0.05, 0.1) is 0 Å². The van der Waals surface area contributed by atoms with E-state index in [4.69, 9.17) is 0 Å².